The van der Waals surface area contributed by atoms with E-state index in [9.17, 15) is 9.59 Å². The van der Waals surface area contributed by atoms with Crippen LogP contribution in [0.2, 0.25) is 0 Å². The van der Waals surface area contributed by atoms with Crippen molar-refractivity contribution < 1.29 is 14.3 Å². The van der Waals surface area contributed by atoms with Gasteiger partial charge in [-0.2, -0.15) is 0 Å². The zero-order valence-electron chi connectivity index (χ0n) is 17.8. The number of benzene rings is 2. The summed E-state index contributed by atoms with van der Waals surface area (Å²) >= 11 is 5.21. The molecule has 0 unspecified atom stereocenters. The van der Waals surface area contributed by atoms with Crippen LogP contribution in [0, 0.1) is 5.92 Å². The van der Waals surface area contributed by atoms with Crippen molar-refractivity contribution in [2.75, 3.05) is 43.0 Å². The molecule has 8 heteroatoms. The zero-order valence-corrected chi connectivity index (χ0v) is 18.7. The minimum Gasteiger partial charge on any atom is -0.484 e. The molecule has 0 radical (unpaired) electrons. The first-order chi connectivity index (χ1) is 14.9. The molecule has 2 amide bonds. The Balaban J connectivity index is 1.43. The summed E-state index contributed by atoms with van der Waals surface area (Å²) in [4.78, 5) is 28.3. The number of ether oxygens (including phenoxy) is 1. The molecule has 0 aliphatic carbocycles. The quantitative estimate of drug-likeness (QED) is 0.673. The van der Waals surface area contributed by atoms with Gasteiger partial charge in [-0.1, -0.05) is 32.0 Å². The number of carbonyl (C=O) groups excluding carboxylic acids is 2. The molecule has 1 heterocycles. The van der Waals surface area contributed by atoms with E-state index in [2.05, 4.69) is 15.5 Å². The summed E-state index contributed by atoms with van der Waals surface area (Å²) in [7, 11) is 0. The topological polar surface area (TPSA) is 73.9 Å². The van der Waals surface area contributed by atoms with Crippen LogP contribution in [-0.4, -0.2) is 54.6 Å². The lowest BCUT2D eigenvalue weighted by atomic mass is 10.1. The summed E-state index contributed by atoms with van der Waals surface area (Å²) in [5.74, 6) is 0.545. The normalized spacial score (nSPS) is 13.6. The van der Waals surface area contributed by atoms with Gasteiger partial charge in [0.15, 0.2) is 11.7 Å². The molecule has 0 saturated carbocycles. The lowest BCUT2D eigenvalue weighted by molar-refractivity contribution is -0.134. The first-order valence-electron chi connectivity index (χ1n) is 10.3. The average Bonchev–Trinajstić information content (AvgIpc) is 2.78. The van der Waals surface area contributed by atoms with Crippen molar-refractivity contribution in [2.24, 2.45) is 5.92 Å². The SMILES string of the molecule is CC(C)C(=O)N1CCN(c2ccc(NC(=S)NC(=O)COc3ccccc3)cc2)CC1. The van der Waals surface area contributed by atoms with E-state index in [0.29, 0.717) is 5.75 Å². The monoisotopic (exact) mass is 440 g/mol. The Labute approximate surface area is 188 Å². The number of amides is 2. The van der Waals surface area contributed by atoms with Gasteiger partial charge in [-0.05, 0) is 48.6 Å². The highest BCUT2D eigenvalue weighted by Crippen LogP contribution is 2.20. The summed E-state index contributed by atoms with van der Waals surface area (Å²) in [6.45, 7) is 6.84. The van der Waals surface area contributed by atoms with Gasteiger partial charge in [0.2, 0.25) is 5.91 Å². The van der Waals surface area contributed by atoms with Gasteiger partial charge in [-0.15, -0.1) is 0 Å². The number of hydrogen-bond donors (Lipinski definition) is 2. The van der Waals surface area contributed by atoms with E-state index in [4.69, 9.17) is 17.0 Å². The Bertz CT molecular complexity index is 895. The molecule has 1 fully saturated rings. The lowest BCUT2D eigenvalue weighted by Crippen LogP contribution is -2.49. The number of rotatable bonds is 6. The van der Waals surface area contributed by atoms with Gasteiger partial charge < -0.3 is 19.9 Å². The van der Waals surface area contributed by atoms with Crippen molar-refractivity contribution in [2.45, 2.75) is 13.8 Å². The Morgan fingerprint density at radius 2 is 1.65 bits per heavy atom. The first kappa shape index (κ1) is 22.6. The van der Waals surface area contributed by atoms with Gasteiger partial charge in [-0.25, -0.2) is 0 Å². The zero-order chi connectivity index (χ0) is 22.2. The third-order valence-electron chi connectivity index (χ3n) is 4.94. The third-order valence-corrected chi connectivity index (χ3v) is 5.15. The van der Waals surface area contributed by atoms with Gasteiger partial charge in [0.25, 0.3) is 5.91 Å². The highest BCUT2D eigenvalue weighted by atomic mass is 32.1. The average molecular weight is 441 g/mol. The molecule has 1 aliphatic heterocycles. The van der Waals surface area contributed by atoms with Gasteiger partial charge in [0.1, 0.15) is 5.75 Å². The Kier molecular flexibility index (Phi) is 7.83. The second-order valence-corrected chi connectivity index (χ2v) is 8.03. The van der Waals surface area contributed by atoms with Crippen LogP contribution in [0.15, 0.2) is 54.6 Å². The van der Waals surface area contributed by atoms with Crippen LogP contribution in [0.4, 0.5) is 11.4 Å². The predicted octanol–water partition coefficient (Wildman–Crippen LogP) is 2.88. The lowest BCUT2D eigenvalue weighted by Gasteiger charge is -2.37. The smallest absolute Gasteiger partial charge is 0.264 e. The van der Waals surface area contributed by atoms with Crippen LogP contribution in [0.5, 0.6) is 5.75 Å². The molecular formula is C23H28N4O3S. The Morgan fingerprint density at radius 1 is 1.00 bits per heavy atom. The maximum Gasteiger partial charge on any atom is 0.264 e. The fourth-order valence-electron chi connectivity index (χ4n) is 3.30. The summed E-state index contributed by atoms with van der Waals surface area (Å²) in [5.41, 5.74) is 1.88. The molecule has 0 spiro atoms. The fourth-order valence-corrected chi connectivity index (χ4v) is 3.53. The van der Waals surface area contributed by atoms with Crippen molar-refractivity contribution in [3.8, 4) is 5.75 Å². The van der Waals surface area contributed by atoms with Crippen LogP contribution in [0.3, 0.4) is 0 Å². The van der Waals surface area contributed by atoms with E-state index in [1.165, 1.54) is 0 Å². The number of piperazine rings is 1. The standard InChI is InChI=1S/C23H28N4O3S/c1-17(2)22(29)27-14-12-26(13-15-27)19-10-8-18(9-11-19)24-23(31)25-21(28)16-30-20-6-4-3-5-7-20/h3-11,17H,12-16H2,1-2H3,(H2,24,25,28,31). The highest BCUT2D eigenvalue weighted by Gasteiger charge is 2.22. The Hall–Kier alpha value is -3.13. The molecule has 0 aromatic heterocycles. The van der Waals surface area contributed by atoms with Gasteiger partial charge in [0, 0.05) is 43.5 Å². The second kappa shape index (κ2) is 10.8. The molecule has 164 valence electrons. The molecule has 31 heavy (non-hydrogen) atoms. The van der Waals surface area contributed by atoms with E-state index in [0.717, 1.165) is 37.6 Å². The van der Waals surface area contributed by atoms with E-state index >= 15 is 0 Å². The number of anilines is 2. The van der Waals surface area contributed by atoms with Crippen molar-refractivity contribution in [3.63, 3.8) is 0 Å². The molecule has 0 bridgehead atoms. The summed E-state index contributed by atoms with van der Waals surface area (Å²) < 4.78 is 5.41. The molecule has 2 N–H and O–H groups in total. The van der Waals surface area contributed by atoms with Crippen molar-refractivity contribution >= 4 is 40.5 Å². The largest absolute Gasteiger partial charge is 0.484 e. The molecule has 2 aromatic carbocycles. The van der Waals surface area contributed by atoms with Crippen LogP contribution in [0.25, 0.3) is 0 Å². The molecule has 2 aromatic rings. The van der Waals surface area contributed by atoms with Gasteiger partial charge >= 0.3 is 0 Å². The minimum atomic E-state index is -0.327. The van der Waals surface area contributed by atoms with Crippen molar-refractivity contribution in [1.29, 1.82) is 0 Å². The number of hydrogen-bond acceptors (Lipinski definition) is 5. The minimum absolute atomic E-state index is 0.0335. The van der Waals surface area contributed by atoms with Gasteiger partial charge in [0.05, 0.1) is 0 Å². The summed E-state index contributed by atoms with van der Waals surface area (Å²) in [6.07, 6.45) is 0. The van der Waals surface area contributed by atoms with E-state index in [1.807, 2.05) is 61.2 Å². The second-order valence-electron chi connectivity index (χ2n) is 7.62. The van der Waals surface area contributed by atoms with Crippen molar-refractivity contribution in [3.05, 3.63) is 54.6 Å². The predicted molar refractivity (Wildman–Crippen MR) is 126 cm³/mol. The molecule has 7 nitrogen and oxygen atoms in total. The number of thiocarbonyl (C=S) groups is 1. The van der Waals surface area contributed by atoms with E-state index in [-0.39, 0.29) is 29.5 Å². The summed E-state index contributed by atoms with van der Waals surface area (Å²) in [6, 6.07) is 17.0. The highest BCUT2D eigenvalue weighted by molar-refractivity contribution is 7.80. The van der Waals surface area contributed by atoms with Gasteiger partial charge in [-0.3, -0.25) is 14.9 Å². The number of carbonyl (C=O) groups is 2. The van der Waals surface area contributed by atoms with Crippen LogP contribution < -0.4 is 20.3 Å². The number of para-hydroxylation sites is 1. The van der Waals surface area contributed by atoms with Crippen LogP contribution in [-0.2, 0) is 9.59 Å². The van der Waals surface area contributed by atoms with Crippen molar-refractivity contribution in [1.82, 2.24) is 10.2 Å². The fraction of sp³-hybridized carbons (Fsp3) is 0.348. The molecule has 0 atom stereocenters. The maximum absolute atomic E-state index is 12.1. The maximum atomic E-state index is 12.1. The number of nitrogens with zero attached hydrogens (tertiary/aromatic N) is 2. The Morgan fingerprint density at radius 3 is 2.26 bits per heavy atom. The molecule has 1 saturated heterocycles. The molecular weight excluding hydrogens is 412 g/mol. The molecule has 3 rings (SSSR count). The van der Waals surface area contributed by atoms with E-state index < -0.39 is 0 Å². The number of nitrogens with one attached hydrogen (secondary N) is 2. The van der Waals surface area contributed by atoms with Crippen LogP contribution >= 0.6 is 12.2 Å². The third kappa shape index (κ3) is 6.68. The first-order valence-corrected chi connectivity index (χ1v) is 10.8. The summed E-state index contributed by atoms with van der Waals surface area (Å²) in [5, 5.41) is 5.84. The van der Waals surface area contributed by atoms with E-state index in [1.54, 1.807) is 12.1 Å². The van der Waals surface area contributed by atoms with Crippen LogP contribution in [0.1, 0.15) is 13.8 Å². The molecule has 1 aliphatic rings.